The van der Waals surface area contributed by atoms with Crippen LogP contribution in [0.15, 0.2) is 34.9 Å². The summed E-state index contributed by atoms with van der Waals surface area (Å²) in [6.45, 7) is 2.48. The van der Waals surface area contributed by atoms with Gasteiger partial charge in [0.1, 0.15) is 5.76 Å². The normalized spacial score (nSPS) is 11.7. The summed E-state index contributed by atoms with van der Waals surface area (Å²) in [6.07, 6.45) is 1.61. The number of hydrogen-bond donors (Lipinski definition) is 2. The molecule has 1 heterocycles. The molecule has 1 aromatic heterocycles. The molecule has 0 aliphatic rings. The third kappa shape index (κ3) is 4.90. The van der Waals surface area contributed by atoms with Gasteiger partial charge in [-0.05, 0) is 36.8 Å². The monoisotopic (exact) mass is 348 g/mol. The third-order valence-corrected chi connectivity index (χ3v) is 3.75. The summed E-state index contributed by atoms with van der Waals surface area (Å²) in [5.74, 6) is 2.30. The molecule has 0 saturated heterocycles. The highest BCUT2D eigenvalue weighted by Gasteiger charge is 2.14. The van der Waals surface area contributed by atoms with E-state index in [1.807, 2.05) is 19.1 Å². The Kier molecular flexibility index (Phi) is 6.71. The zero-order chi connectivity index (χ0) is 18.2. The van der Waals surface area contributed by atoms with Crippen LogP contribution in [0.4, 0.5) is 0 Å². The number of rotatable bonds is 9. The zero-order valence-electron chi connectivity index (χ0n) is 14.9. The van der Waals surface area contributed by atoms with Crippen LogP contribution >= 0.6 is 0 Å². The Morgan fingerprint density at radius 3 is 2.36 bits per heavy atom. The van der Waals surface area contributed by atoms with Crippen LogP contribution in [-0.4, -0.2) is 33.8 Å². The summed E-state index contributed by atoms with van der Waals surface area (Å²) in [6, 6.07) is 7.26. The topological polar surface area (TPSA) is 82.0 Å². The van der Waals surface area contributed by atoms with Crippen molar-refractivity contribution in [1.82, 2.24) is 10.6 Å². The number of carbonyl (C=O) groups is 1. The quantitative estimate of drug-likeness (QED) is 0.723. The maximum Gasteiger partial charge on any atom is 0.234 e. The number of hydrogen-bond acceptors (Lipinski definition) is 6. The molecule has 0 radical (unpaired) electrons. The standard InChI is InChI=1S/C18H24N2O5/c1-12(14-6-5-7-25-14)19-11-17(21)20-10-13-8-15(22-2)18(24-4)16(9-13)23-3/h5-9,12,19H,10-11H2,1-4H3,(H,20,21)/t12-/m0/s1. The molecule has 2 rings (SSSR count). The fraction of sp³-hybridized carbons (Fsp3) is 0.389. The molecule has 0 saturated carbocycles. The molecule has 0 aliphatic carbocycles. The first-order valence-electron chi connectivity index (χ1n) is 7.91. The molecule has 25 heavy (non-hydrogen) atoms. The van der Waals surface area contributed by atoms with Gasteiger partial charge >= 0.3 is 0 Å². The average molecular weight is 348 g/mol. The smallest absolute Gasteiger partial charge is 0.234 e. The lowest BCUT2D eigenvalue weighted by molar-refractivity contribution is -0.120. The van der Waals surface area contributed by atoms with Crippen LogP contribution < -0.4 is 24.8 Å². The van der Waals surface area contributed by atoms with Gasteiger partial charge in [0.2, 0.25) is 11.7 Å². The SMILES string of the molecule is COc1cc(CNC(=O)CN[C@@H](C)c2ccco2)cc(OC)c1OC. The lowest BCUT2D eigenvalue weighted by Crippen LogP contribution is -2.34. The first-order valence-corrected chi connectivity index (χ1v) is 7.91. The number of nitrogens with one attached hydrogen (secondary N) is 2. The van der Waals surface area contributed by atoms with Crippen LogP contribution in [0.1, 0.15) is 24.3 Å². The first kappa shape index (κ1) is 18.7. The van der Waals surface area contributed by atoms with Gasteiger partial charge in [-0.1, -0.05) is 0 Å². The van der Waals surface area contributed by atoms with E-state index in [0.29, 0.717) is 23.8 Å². The summed E-state index contributed by atoms with van der Waals surface area (Å²) in [4.78, 5) is 12.0. The van der Waals surface area contributed by atoms with Crippen molar-refractivity contribution in [2.75, 3.05) is 27.9 Å². The van der Waals surface area contributed by atoms with Gasteiger partial charge in [0.15, 0.2) is 11.5 Å². The highest BCUT2D eigenvalue weighted by atomic mass is 16.5. The Balaban J connectivity index is 1.90. The van der Waals surface area contributed by atoms with E-state index < -0.39 is 0 Å². The highest BCUT2D eigenvalue weighted by Crippen LogP contribution is 2.38. The van der Waals surface area contributed by atoms with Crippen molar-refractivity contribution in [2.24, 2.45) is 0 Å². The minimum Gasteiger partial charge on any atom is -0.493 e. The largest absolute Gasteiger partial charge is 0.493 e. The number of carbonyl (C=O) groups excluding carboxylic acids is 1. The fourth-order valence-electron chi connectivity index (χ4n) is 2.38. The fourth-order valence-corrected chi connectivity index (χ4v) is 2.38. The molecule has 0 aliphatic heterocycles. The van der Waals surface area contributed by atoms with Gasteiger partial charge in [-0.3, -0.25) is 10.1 Å². The lowest BCUT2D eigenvalue weighted by atomic mass is 10.1. The van der Waals surface area contributed by atoms with Gasteiger partial charge in [-0.15, -0.1) is 0 Å². The van der Waals surface area contributed by atoms with Gasteiger partial charge in [-0.2, -0.15) is 0 Å². The van der Waals surface area contributed by atoms with Crippen LogP contribution in [0, 0.1) is 0 Å². The van der Waals surface area contributed by atoms with Gasteiger partial charge in [0.05, 0.1) is 40.2 Å². The maximum atomic E-state index is 12.0. The Hall–Kier alpha value is -2.67. The van der Waals surface area contributed by atoms with E-state index >= 15 is 0 Å². The number of methoxy groups -OCH3 is 3. The number of furan rings is 1. The minimum absolute atomic E-state index is 0.0399. The lowest BCUT2D eigenvalue weighted by Gasteiger charge is -2.15. The minimum atomic E-state index is -0.118. The van der Waals surface area contributed by atoms with E-state index in [4.69, 9.17) is 18.6 Å². The summed E-state index contributed by atoms with van der Waals surface area (Å²) in [7, 11) is 4.66. The number of benzene rings is 1. The van der Waals surface area contributed by atoms with Crippen molar-refractivity contribution < 1.29 is 23.4 Å². The van der Waals surface area contributed by atoms with Crippen molar-refractivity contribution in [1.29, 1.82) is 0 Å². The molecule has 7 heteroatoms. The van der Waals surface area contributed by atoms with Gasteiger partial charge in [-0.25, -0.2) is 0 Å². The predicted molar refractivity (Wildman–Crippen MR) is 93.1 cm³/mol. The highest BCUT2D eigenvalue weighted by molar-refractivity contribution is 5.78. The Labute approximate surface area is 147 Å². The summed E-state index contributed by atoms with van der Waals surface area (Å²) in [5, 5.41) is 5.96. The molecule has 7 nitrogen and oxygen atoms in total. The van der Waals surface area contributed by atoms with Crippen LogP contribution in [0.3, 0.4) is 0 Å². The second-order valence-electron chi connectivity index (χ2n) is 5.43. The molecule has 0 unspecified atom stereocenters. The molecule has 0 bridgehead atoms. The molecule has 2 aromatic rings. The van der Waals surface area contributed by atoms with E-state index in [2.05, 4.69) is 10.6 Å². The molecule has 0 spiro atoms. The predicted octanol–water partition coefficient (Wildman–Crippen LogP) is 2.27. The number of ether oxygens (including phenoxy) is 3. The Bertz CT molecular complexity index is 660. The van der Waals surface area contributed by atoms with E-state index in [-0.39, 0.29) is 18.5 Å². The molecule has 1 atom stereocenters. The Morgan fingerprint density at radius 2 is 1.84 bits per heavy atom. The molecule has 1 amide bonds. The van der Waals surface area contributed by atoms with Crippen LogP contribution in [0.25, 0.3) is 0 Å². The van der Waals surface area contributed by atoms with Crippen LogP contribution in [0.5, 0.6) is 17.2 Å². The van der Waals surface area contributed by atoms with Crippen LogP contribution in [0.2, 0.25) is 0 Å². The van der Waals surface area contributed by atoms with Gasteiger partial charge < -0.3 is 23.9 Å². The third-order valence-electron chi connectivity index (χ3n) is 3.75. The molecule has 136 valence electrons. The molecule has 0 fully saturated rings. The molecule has 1 aromatic carbocycles. The van der Waals surface area contributed by atoms with Crippen molar-refractivity contribution in [3.05, 3.63) is 41.9 Å². The molecule has 2 N–H and O–H groups in total. The van der Waals surface area contributed by atoms with Crippen molar-refractivity contribution in [2.45, 2.75) is 19.5 Å². The van der Waals surface area contributed by atoms with E-state index in [1.54, 1.807) is 39.7 Å². The maximum absolute atomic E-state index is 12.0. The second kappa shape index (κ2) is 8.98. The van der Waals surface area contributed by atoms with Gasteiger partial charge in [0, 0.05) is 6.54 Å². The van der Waals surface area contributed by atoms with E-state index in [1.165, 1.54) is 0 Å². The van der Waals surface area contributed by atoms with Crippen LogP contribution in [-0.2, 0) is 11.3 Å². The summed E-state index contributed by atoms with van der Waals surface area (Å²) in [5.41, 5.74) is 0.849. The number of amides is 1. The average Bonchev–Trinajstić information content (AvgIpc) is 3.18. The summed E-state index contributed by atoms with van der Waals surface area (Å²) < 4.78 is 21.2. The van der Waals surface area contributed by atoms with E-state index in [9.17, 15) is 4.79 Å². The van der Waals surface area contributed by atoms with Crippen molar-refractivity contribution in [3.63, 3.8) is 0 Å². The Morgan fingerprint density at radius 1 is 1.16 bits per heavy atom. The van der Waals surface area contributed by atoms with Gasteiger partial charge in [0.25, 0.3) is 0 Å². The molecular weight excluding hydrogens is 324 g/mol. The van der Waals surface area contributed by atoms with E-state index in [0.717, 1.165) is 11.3 Å². The van der Waals surface area contributed by atoms with Crippen molar-refractivity contribution >= 4 is 5.91 Å². The van der Waals surface area contributed by atoms with Crippen molar-refractivity contribution in [3.8, 4) is 17.2 Å². The molecular formula is C18H24N2O5. The second-order valence-corrected chi connectivity index (χ2v) is 5.43. The zero-order valence-corrected chi connectivity index (χ0v) is 14.9. The first-order chi connectivity index (χ1) is 12.1. The summed E-state index contributed by atoms with van der Waals surface area (Å²) >= 11 is 0.